The summed E-state index contributed by atoms with van der Waals surface area (Å²) in [6, 6.07) is 3.30. The molecule has 2 rings (SSSR count). The number of guanidine groups is 1. The Morgan fingerprint density at radius 2 is 2.11 bits per heavy atom. The summed E-state index contributed by atoms with van der Waals surface area (Å²) >= 11 is 0. The van der Waals surface area contributed by atoms with Gasteiger partial charge in [0.2, 0.25) is 5.88 Å². The van der Waals surface area contributed by atoms with E-state index in [9.17, 15) is 13.2 Å². The zero-order chi connectivity index (χ0) is 20.2. The second-order valence-corrected chi connectivity index (χ2v) is 6.30. The van der Waals surface area contributed by atoms with E-state index in [1.807, 2.05) is 6.92 Å². The van der Waals surface area contributed by atoms with Gasteiger partial charge in [-0.15, -0.1) is 0 Å². The van der Waals surface area contributed by atoms with Gasteiger partial charge in [-0.3, -0.25) is 4.90 Å². The number of aromatic nitrogens is 1. The molecule has 1 aromatic heterocycles. The SMILES string of the molecule is CCNC(=NCc1cccnc1OCC(F)(F)F)NCCCN1CCOCC1. The van der Waals surface area contributed by atoms with E-state index in [4.69, 9.17) is 9.47 Å². The summed E-state index contributed by atoms with van der Waals surface area (Å²) in [4.78, 5) is 10.7. The molecule has 7 nitrogen and oxygen atoms in total. The minimum Gasteiger partial charge on any atom is -0.468 e. The van der Waals surface area contributed by atoms with Crippen LogP contribution in [0.2, 0.25) is 0 Å². The van der Waals surface area contributed by atoms with Crippen LogP contribution in [0.25, 0.3) is 0 Å². The van der Waals surface area contributed by atoms with Crippen LogP contribution in [-0.2, 0) is 11.3 Å². The average molecular weight is 403 g/mol. The number of rotatable bonds is 9. The predicted octanol–water partition coefficient (Wildman–Crippen LogP) is 1.80. The molecule has 10 heteroatoms. The van der Waals surface area contributed by atoms with E-state index in [1.54, 1.807) is 12.1 Å². The van der Waals surface area contributed by atoms with E-state index in [-0.39, 0.29) is 12.4 Å². The lowest BCUT2D eigenvalue weighted by Crippen LogP contribution is -2.40. The number of aliphatic imine (C=N–C) groups is 1. The normalized spacial score (nSPS) is 16.1. The molecule has 0 atom stereocenters. The van der Waals surface area contributed by atoms with Crippen LogP contribution in [0.5, 0.6) is 5.88 Å². The highest BCUT2D eigenvalue weighted by Gasteiger charge is 2.29. The molecular weight excluding hydrogens is 375 g/mol. The number of nitrogens with zero attached hydrogens (tertiary/aromatic N) is 3. The molecule has 0 amide bonds. The molecule has 158 valence electrons. The lowest BCUT2D eigenvalue weighted by molar-refractivity contribution is -0.154. The smallest absolute Gasteiger partial charge is 0.422 e. The number of hydrogen-bond donors (Lipinski definition) is 2. The van der Waals surface area contributed by atoms with Crippen LogP contribution >= 0.6 is 0 Å². The number of pyridine rings is 1. The Hall–Kier alpha value is -2.07. The number of ether oxygens (including phenoxy) is 2. The molecule has 28 heavy (non-hydrogen) atoms. The molecule has 0 aliphatic carbocycles. The zero-order valence-electron chi connectivity index (χ0n) is 16.1. The fourth-order valence-corrected chi connectivity index (χ4v) is 2.66. The van der Waals surface area contributed by atoms with Gasteiger partial charge in [0.15, 0.2) is 12.6 Å². The molecule has 1 saturated heterocycles. The van der Waals surface area contributed by atoms with Crippen LogP contribution in [0.4, 0.5) is 13.2 Å². The first-order valence-electron chi connectivity index (χ1n) is 9.43. The second-order valence-electron chi connectivity index (χ2n) is 6.30. The van der Waals surface area contributed by atoms with E-state index in [1.165, 1.54) is 6.20 Å². The van der Waals surface area contributed by atoms with Crippen LogP contribution in [0.3, 0.4) is 0 Å². The monoisotopic (exact) mass is 403 g/mol. The van der Waals surface area contributed by atoms with E-state index >= 15 is 0 Å². The van der Waals surface area contributed by atoms with Crippen molar-refractivity contribution in [2.75, 3.05) is 52.5 Å². The Balaban J connectivity index is 1.84. The number of nitrogens with one attached hydrogen (secondary N) is 2. The summed E-state index contributed by atoms with van der Waals surface area (Å²) in [5.41, 5.74) is 0.497. The Morgan fingerprint density at radius 3 is 2.82 bits per heavy atom. The van der Waals surface area contributed by atoms with Crippen molar-refractivity contribution in [1.29, 1.82) is 0 Å². The Bertz CT molecular complexity index is 607. The minimum absolute atomic E-state index is 0.0493. The lowest BCUT2D eigenvalue weighted by atomic mass is 10.3. The molecule has 1 aromatic rings. The minimum atomic E-state index is -4.41. The molecule has 0 radical (unpaired) electrons. The maximum absolute atomic E-state index is 12.4. The van der Waals surface area contributed by atoms with Crippen LogP contribution < -0.4 is 15.4 Å². The molecular formula is C18H28F3N5O2. The first-order chi connectivity index (χ1) is 13.5. The summed E-state index contributed by atoms with van der Waals surface area (Å²) in [5, 5.41) is 6.38. The van der Waals surface area contributed by atoms with Crippen molar-refractivity contribution in [3.63, 3.8) is 0 Å². The molecule has 0 bridgehead atoms. The first kappa shape index (κ1) is 22.2. The van der Waals surface area contributed by atoms with E-state index < -0.39 is 12.8 Å². The summed E-state index contributed by atoms with van der Waals surface area (Å²) in [6.07, 6.45) is -2.06. The van der Waals surface area contributed by atoms with Crippen LogP contribution in [0.1, 0.15) is 18.9 Å². The Labute approximate surface area is 163 Å². The van der Waals surface area contributed by atoms with Gasteiger partial charge in [-0.05, 0) is 26.0 Å². The van der Waals surface area contributed by atoms with E-state index in [0.29, 0.717) is 18.1 Å². The maximum Gasteiger partial charge on any atom is 0.422 e. The first-order valence-corrected chi connectivity index (χ1v) is 9.43. The standard InChI is InChI=1S/C18H28F3N5O2/c1-2-22-17(24-7-4-8-26-9-11-27-12-10-26)25-13-15-5-3-6-23-16(15)28-14-18(19,20)21/h3,5-6H,2,4,7-14H2,1H3,(H2,22,24,25). The Kier molecular flexibility index (Phi) is 9.29. The molecule has 0 unspecified atom stereocenters. The molecule has 2 heterocycles. The predicted molar refractivity (Wildman–Crippen MR) is 100 cm³/mol. The van der Waals surface area contributed by atoms with Gasteiger partial charge in [-0.2, -0.15) is 13.2 Å². The molecule has 1 aliphatic heterocycles. The highest BCUT2D eigenvalue weighted by molar-refractivity contribution is 5.79. The van der Waals surface area contributed by atoms with Crippen LogP contribution in [-0.4, -0.2) is 74.6 Å². The summed E-state index contributed by atoms with van der Waals surface area (Å²) in [7, 11) is 0. The fourth-order valence-electron chi connectivity index (χ4n) is 2.66. The highest BCUT2D eigenvalue weighted by atomic mass is 19.4. The lowest BCUT2D eigenvalue weighted by Gasteiger charge is -2.26. The third kappa shape index (κ3) is 8.75. The number of hydrogen-bond acceptors (Lipinski definition) is 5. The van der Waals surface area contributed by atoms with E-state index in [2.05, 4.69) is 25.5 Å². The van der Waals surface area contributed by atoms with Crippen LogP contribution in [0, 0.1) is 0 Å². The van der Waals surface area contributed by atoms with Crippen molar-refractivity contribution in [2.24, 2.45) is 4.99 Å². The molecule has 1 aliphatic rings. The van der Waals surface area contributed by atoms with E-state index in [0.717, 1.165) is 45.8 Å². The molecule has 1 fully saturated rings. The van der Waals surface area contributed by atoms with Gasteiger partial charge in [-0.1, -0.05) is 6.07 Å². The van der Waals surface area contributed by atoms with Crippen molar-refractivity contribution < 1.29 is 22.6 Å². The van der Waals surface area contributed by atoms with Gasteiger partial charge in [0.1, 0.15) is 0 Å². The maximum atomic E-state index is 12.4. The van der Waals surface area contributed by atoms with Gasteiger partial charge in [0.25, 0.3) is 0 Å². The summed E-state index contributed by atoms with van der Waals surface area (Å²) in [6.45, 7) is 6.61. The Morgan fingerprint density at radius 1 is 1.32 bits per heavy atom. The zero-order valence-corrected chi connectivity index (χ0v) is 16.1. The largest absolute Gasteiger partial charge is 0.468 e. The molecule has 0 spiro atoms. The molecule has 0 aromatic carbocycles. The quantitative estimate of drug-likeness (QED) is 0.372. The van der Waals surface area contributed by atoms with Crippen molar-refractivity contribution in [3.8, 4) is 5.88 Å². The van der Waals surface area contributed by atoms with Crippen molar-refractivity contribution in [1.82, 2.24) is 20.5 Å². The number of alkyl halides is 3. The van der Waals surface area contributed by atoms with Gasteiger partial charge in [0, 0.05) is 37.9 Å². The van der Waals surface area contributed by atoms with Gasteiger partial charge >= 0.3 is 6.18 Å². The third-order valence-electron chi connectivity index (χ3n) is 4.02. The molecule has 2 N–H and O–H groups in total. The van der Waals surface area contributed by atoms with Gasteiger partial charge < -0.3 is 20.1 Å². The second kappa shape index (κ2) is 11.7. The third-order valence-corrected chi connectivity index (χ3v) is 4.02. The topological polar surface area (TPSA) is 71.0 Å². The fraction of sp³-hybridized carbons (Fsp3) is 0.667. The van der Waals surface area contributed by atoms with Crippen molar-refractivity contribution >= 4 is 5.96 Å². The van der Waals surface area contributed by atoms with Gasteiger partial charge in [-0.25, -0.2) is 9.98 Å². The van der Waals surface area contributed by atoms with Crippen molar-refractivity contribution in [3.05, 3.63) is 23.9 Å². The summed E-state index contributed by atoms with van der Waals surface area (Å²) in [5.74, 6) is 0.557. The van der Waals surface area contributed by atoms with Crippen molar-refractivity contribution in [2.45, 2.75) is 26.1 Å². The average Bonchev–Trinajstić information content (AvgIpc) is 2.68. The van der Waals surface area contributed by atoms with Crippen LogP contribution in [0.15, 0.2) is 23.3 Å². The highest BCUT2D eigenvalue weighted by Crippen LogP contribution is 2.20. The number of halogens is 3. The molecule has 0 saturated carbocycles. The number of morpholine rings is 1. The van der Waals surface area contributed by atoms with Gasteiger partial charge in [0.05, 0.1) is 19.8 Å². The summed E-state index contributed by atoms with van der Waals surface area (Å²) < 4.78 is 47.3.